The summed E-state index contributed by atoms with van der Waals surface area (Å²) in [5, 5.41) is 2.45. The van der Waals surface area contributed by atoms with E-state index < -0.39 is 11.7 Å². The second-order valence-corrected chi connectivity index (χ2v) is 4.36. The van der Waals surface area contributed by atoms with Crippen molar-refractivity contribution in [2.75, 3.05) is 11.1 Å². The maximum Gasteiger partial charge on any atom is 0.293 e. The summed E-state index contributed by atoms with van der Waals surface area (Å²) in [5.41, 5.74) is 6.82. The van der Waals surface area contributed by atoms with Crippen LogP contribution in [0.25, 0.3) is 0 Å². The van der Waals surface area contributed by atoms with Crippen LogP contribution in [0, 0.1) is 0 Å². The van der Waals surface area contributed by atoms with Crippen molar-refractivity contribution in [3.63, 3.8) is 0 Å². The second kappa shape index (κ2) is 4.65. The SMILES string of the molecule is Nc1ccc(Oc2ccnc3c2CC(=O)C(=O)N3)cc1. The van der Waals surface area contributed by atoms with Crippen LogP contribution in [0.4, 0.5) is 11.5 Å². The Morgan fingerprint density at radius 2 is 1.90 bits per heavy atom. The number of Topliss-reactive ketones (excluding diaryl/α,β-unsaturated/α-hetero) is 1. The molecule has 6 heteroatoms. The molecule has 2 heterocycles. The number of anilines is 2. The summed E-state index contributed by atoms with van der Waals surface area (Å²) >= 11 is 0. The fourth-order valence-corrected chi connectivity index (χ4v) is 1.93. The molecule has 1 amide bonds. The summed E-state index contributed by atoms with van der Waals surface area (Å²) in [7, 11) is 0. The van der Waals surface area contributed by atoms with Gasteiger partial charge in [0.2, 0.25) is 5.78 Å². The zero-order valence-corrected chi connectivity index (χ0v) is 10.4. The molecule has 0 unspecified atom stereocenters. The molecule has 0 saturated heterocycles. The Hall–Kier alpha value is -2.89. The van der Waals surface area contributed by atoms with Gasteiger partial charge in [-0.2, -0.15) is 0 Å². The molecule has 2 aromatic rings. The molecule has 3 rings (SSSR count). The van der Waals surface area contributed by atoms with Gasteiger partial charge in [-0.1, -0.05) is 0 Å². The Bertz CT molecular complexity index is 695. The number of carbonyl (C=O) groups excluding carboxylic acids is 2. The number of amides is 1. The summed E-state index contributed by atoms with van der Waals surface area (Å²) in [6.45, 7) is 0. The number of hydrogen-bond acceptors (Lipinski definition) is 5. The third-order valence-corrected chi connectivity index (χ3v) is 2.94. The predicted octanol–water partition coefficient (Wildman–Crippen LogP) is 1.52. The summed E-state index contributed by atoms with van der Waals surface area (Å²) in [6, 6.07) is 8.54. The third-order valence-electron chi connectivity index (χ3n) is 2.94. The van der Waals surface area contributed by atoms with E-state index in [1.54, 1.807) is 30.3 Å². The summed E-state index contributed by atoms with van der Waals surface area (Å²) < 4.78 is 5.72. The number of rotatable bonds is 2. The van der Waals surface area contributed by atoms with Crippen LogP contribution in [0.5, 0.6) is 11.5 Å². The lowest BCUT2D eigenvalue weighted by Gasteiger charge is -2.18. The maximum absolute atomic E-state index is 11.5. The Kier molecular flexibility index (Phi) is 2.83. The molecule has 0 spiro atoms. The number of aromatic nitrogens is 1. The van der Waals surface area contributed by atoms with Gasteiger partial charge in [0.15, 0.2) is 0 Å². The normalized spacial score (nSPS) is 13.6. The number of fused-ring (bicyclic) bond motifs is 1. The van der Waals surface area contributed by atoms with Gasteiger partial charge in [0.1, 0.15) is 17.3 Å². The van der Waals surface area contributed by atoms with Crippen molar-refractivity contribution in [1.82, 2.24) is 4.98 Å². The molecule has 3 N–H and O–H groups in total. The number of nitrogens with two attached hydrogens (primary N) is 1. The first-order valence-corrected chi connectivity index (χ1v) is 5.99. The molecule has 1 aliphatic heterocycles. The second-order valence-electron chi connectivity index (χ2n) is 4.36. The van der Waals surface area contributed by atoms with Crippen LogP contribution in [-0.2, 0) is 16.0 Å². The number of nitrogens with zero attached hydrogens (tertiary/aromatic N) is 1. The van der Waals surface area contributed by atoms with Crippen LogP contribution in [0.15, 0.2) is 36.5 Å². The van der Waals surface area contributed by atoms with E-state index in [-0.39, 0.29) is 6.42 Å². The lowest BCUT2D eigenvalue weighted by molar-refractivity contribution is -0.134. The fraction of sp³-hybridized carbons (Fsp3) is 0.0714. The topological polar surface area (TPSA) is 94.3 Å². The molecule has 0 radical (unpaired) electrons. The highest BCUT2D eigenvalue weighted by Gasteiger charge is 2.27. The number of nitrogen functional groups attached to an aromatic ring is 1. The van der Waals surface area contributed by atoms with Crippen molar-refractivity contribution in [1.29, 1.82) is 0 Å². The zero-order valence-electron chi connectivity index (χ0n) is 10.4. The van der Waals surface area contributed by atoms with Gasteiger partial charge in [-0.05, 0) is 30.3 Å². The minimum Gasteiger partial charge on any atom is -0.457 e. The molecule has 0 fully saturated rings. The summed E-state index contributed by atoms with van der Waals surface area (Å²) in [4.78, 5) is 26.8. The largest absolute Gasteiger partial charge is 0.457 e. The third kappa shape index (κ3) is 2.18. The van der Waals surface area contributed by atoms with Crippen molar-refractivity contribution in [3.05, 3.63) is 42.1 Å². The average molecular weight is 269 g/mol. The molecule has 0 bridgehead atoms. The molecule has 1 aromatic heterocycles. The van der Waals surface area contributed by atoms with E-state index >= 15 is 0 Å². The number of nitrogens with one attached hydrogen (secondary N) is 1. The minimum atomic E-state index is -0.644. The van der Waals surface area contributed by atoms with Crippen molar-refractivity contribution < 1.29 is 14.3 Å². The molecule has 6 nitrogen and oxygen atoms in total. The first-order chi connectivity index (χ1) is 9.63. The highest BCUT2D eigenvalue weighted by molar-refractivity contribution is 6.42. The Labute approximate surface area is 114 Å². The van der Waals surface area contributed by atoms with E-state index in [2.05, 4.69) is 10.3 Å². The standard InChI is InChI=1S/C14H11N3O3/c15-8-1-3-9(4-2-8)20-12-5-6-16-13-10(12)7-11(18)14(19)17-13/h1-6H,7,15H2,(H,16,17,19). The van der Waals surface area contributed by atoms with Crippen molar-refractivity contribution in [2.24, 2.45) is 0 Å². The van der Waals surface area contributed by atoms with E-state index in [1.807, 2.05) is 0 Å². The lowest BCUT2D eigenvalue weighted by atomic mass is 10.0. The van der Waals surface area contributed by atoms with E-state index in [0.717, 1.165) is 0 Å². The Morgan fingerprint density at radius 3 is 2.65 bits per heavy atom. The molecule has 20 heavy (non-hydrogen) atoms. The fourth-order valence-electron chi connectivity index (χ4n) is 1.93. The van der Waals surface area contributed by atoms with Crippen molar-refractivity contribution >= 4 is 23.2 Å². The molecule has 1 aliphatic rings. The molecule has 100 valence electrons. The van der Waals surface area contributed by atoms with Gasteiger partial charge < -0.3 is 15.8 Å². The summed E-state index contributed by atoms with van der Waals surface area (Å²) in [6.07, 6.45) is 1.50. The van der Waals surface area contributed by atoms with Crippen LogP contribution >= 0.6 is 0 Å². The summed E-state index contributed by atoms with van der Waals surface area (Å²) in [5.74, 6) is 0.301. The number of pyridine rings is 1. The quantitative estimate of drug-likeness (QED) is 0.636. The van der Waals surface area contributed by atoms with Gasteiger partial charge >= 0.3 is 0 Å². The Balaban J connectivity index is 1.95. The number of ketones is 1. The average Bonchev–Trinajstić information content (AvgIpc) is 2.43. The van der Waals surface area contributed by atoms with E-state index in [4.69, 9.17) is 10.5 Å². The van der Waals surface area contributed by atoms with Gasteiger partial charge in [0.05, 0.1) is 0 Å². The van der Waals surface area contributed by atoms with Gasteiger partial charge in [-0.3, -0.25) is 9.59 Å². The van der Waals surface area contributed by atoms with Crippen molar-refractivity contribution in [3.8, 4) is 11.5 Å². The molecule has 0 saturated carbocycles. The van der Waals surface area contributed by atoms with Crippen LogP contribution in [0.2, 0.25) is 0 Å². The monoisotopic (exact) mass is 269 g/mol. The van der Waals surface area contributed by atoms with Crippen LogP contribution in [-0.4, -0.2) is 16.7 Å². The zero-order chi connectivity index (χ0) is 14.1. The smallest absolute Gasteiger partial charge is 0.293 e. The highest BCUT2D eigenvalue weighted by atomic mass is 16.5. The van der Waals surface area contributed by atoms with Gasteiger partial charge in [-0.25, -0.2) is 4.98 Å². The van der Waals surface area contributed by atoms with Gasteiger partial charge in [-0.15, -0.1) is 0 Å². The van der Waals surface area contributed by atoms with Crippen LogP contribution < -0.4 is 15.8 Å². The molecule has 1 aromatic carbocycles. The maximum atomic E-state index is 11.5. The Morgan fingerprint density at radius 1 is 1.15 bits per heavy atom. The lowest BCUT2D eigenvalue weighted by Crippen LogP contribution is -2.30. The van der Waals surface area contributed by atoms with E-state index in [9.17, 15) is 9.59 Å². The minimum absolute atomic E-state index is 0.0146. The van der Waals surface area contributed by atoms with Gasteiger partial charge in [0.25, 0.3) is 5.91 Å². The van der Waals surface area contributed by atoms with Crippen LogP contribution in [0.3, 0.4) is 0 Å². The van der Waals surface area contributed by atoms with Crippen LogP contribution in [0.1, 0.15) is 5.56 Å². The number of hydrogen-bond donors (Lipinski definition) is 2. The van der Waals surface area contributed by atoms with Crippen molar-refractivity contribution in [2.45, 2.75) is 6.42 Å². The molecular weight excluding hydrogens is 258 g/mol. The first kappa shape index (κ1) is 12.2. The van der Waals surface area contributed by atoms with E-state index in [1.165, 1.54) is 6.20 Å². The molecule has 0 atom stereocenters. The number of benzene rings is 1. The van der Waals surface area contributed by atoms with Gasteiger partial charge in [0, 0.05) is 23.9 Å². The van der Waals surface area contributed by atoms with E-state index in [0.29, 0.717) is 28.6 Å². The number of carbonyl (C=O) groups is 2. The number of ether oxygens (including phenoxy) is 1. The molecular formula is C14H11N3O3. The highest BCUT2D eigenvalue weighted by Crippen LogP contribution is 2.31. The molecule has 0 aliphatic carbocycles. The first-order valence-electron chi connectivity index (χ1n) is 5.99. The predicted molar refractivity (Wildman–Crippen MR) is 72.5 cm³/mol.